The van der Waals surface area contributed by atoms with Gasteiger partial charge in [0.05, 0.1) is 0 Å². The molecule has 5 heteroatoms. The van der Waals surface area contributed by atoms with Gasteiger partial charge in [0.1, 0.15) is 19.6 Å². The molecule has 0 aromatic carbocycles. The highest BCUT2D eigenvalue weighted by atomic mass is 32.1. The highest BCUT2D eigenvalue weighted by Gasteiger charge is 1.97. The highest BCUT2D eigenvalue weighted by molar-refractivity contribution is 7.80. The smallest absolute Gasteiger partial charge is 0.268 e. The maximum atomic E-state index is 11.6. The maximum absolute atomic E-state index is 11.6. The summed E-state index contributed by atoms with van der Waals surface area (Å²) in [6, 6.07) is 0. The summed E-state index contributed by atoms with van der Waals surface area (Å²) in [5.74, 6) is 0. The minimum atomic E-state index is -0.533. The van der Waals surface area contributed by atoms with Crippen molar-refractivity contribution in [2.75, 3.05) is 13.3 Å². The van der Waals surface area contributed by atoms with Gasteiger partial charge in [-0.25, -0.2) is 9.37 Å². The molecule has 0 amide bonds. The molecule has 0 N–H and O–H groups in total. The molecule has 0 radical (unpaired) electrons. The Kier molecular flexibility index (Phi) is 2.97. The lowest BCUT2D eigenvalue weighted by atomic mass is 10.8. The molecule has 0 saturated heterocycles. The van der Waals surface area contributed by atoms with Gasteiger partial charge in [0, 0.05) is 12.4 Å². The van der Waals surface area contributed by atoms with Crippen LogP contribution in [0.15, 0.2) is 18.7 Å². The topological polar surface area (TPSA) is 27.1 Å². The van der Waals surface area contributed by atoms with Crippen LogP contribution in [0.5, 0.6) is 0 Å². The van der Waals surface area contributed by atoms with Crippen molar-refractivity contribution in [3.8, 4) is 0 Å². The Bertz CT molecular complexity index is 224. The van der Waals surface area contributed by atoms with Crippen LogP contribution in [0.3, 0.4) is 0 Å². The number of thiocarbonyl (C=S) groups is 1. The monoisotopic (exact) mass is 174 g/mol. The summed E-state index contributed by atoms with van der Waals surface area (Å²) >= 11 is 4.77. The van der Waals surface area contributed by atoms with Crippen molar-refractivity contribution in [1.29, 1.82) is 0 Å². The van der Waals surface area contributed by atoms with Gasteiger partial charge >= 0.3 is 0 Å². The predicted octanol–water partition coefficient (Wildman–Crippen LogP) is 1.00. The molecule has 0 aliphatic heterocycles. The van der Waals surface area contributed by atoms with Crippen molar-refractivity contribution >= 4 is 17.4 Å². The molecule has 60 valence electrons. The molecule has 0 aliphatic rings. The number of imidazole rings is 1. The number of halogens is 1. The fourth-order valence-corrected chi connectivity index (χ4v) is 0.759. The maximum Gasteiger partial charge on any atom is 0.268 e. The van der Waals surface area contributed by atoms with Gasteiger partial charge in [-0.3, -0.25) is 4.57 Å². The van der Waals surface area contributed by atoms with Crippen molar-refractivity contribution < 1.29 is 9.13 Å². The zero-order valence-electron chi connectivity index (χ0n) is 5.74. The summed E-state index contributed by atoms with van der Waals surface area (Å²) in [5.41, 5.74) is 0. The number of hydrogen-bond donors (Lipinski definition) is 0. The van der Waals surface area contributed by atoms with Crippen LogP contribution in [0.1, 0.15) is 0 Å². The fraction of sp³-hybridized carbons (Fsp3) is 0.333. The Morgan fingerprint density at radius 2 is 2.55 bits per heavy atom. The van der Waals surface area contributed by atoms with Crippen LogP contribution in [-0.4, -0.2) is 28.0 Å². The number of nitrogens with zero attached hydrogens (tertiary/aromatic N) is 2. The average Bonchev–Trinajstić information content (AvgIpc) is 2.52. The van der Waals surface area contributed by atoms with Crippen LogP contribution in [0.4, 0.5) is 4.39 Å². The normalized spacial score (nSPS) is 9.55. The second-order valence-electron chi connectivity index (χ2n) is 1.77. The van der Waals surface area contributed by atoms with Crippen LogP contribution < -0.4 is 0 Å². The number of hydrogen-bond acceptors (Lipinski definition) is 3. The molecule has 0 fully saturated rings. The lowest BCUT2D eigenvalue weighted by Gasteiger charge is -2.03. The molecule has 1 aromatic rings. The number of aromatic nitrogens is 2. The molecular weight excluding hydrogens is 167 g/mol. The van der Waals surface area contributed by atoms with E-state index in [1.807, 2.05) is 0 Å². The van der Waals surface area contributed by atoms with Gasteiger partial charge in [-0.15, -0.1) is 0 Å². The summed E-state index contributed by atoms with van der Waals surface area (Å²) in [4.78, 5) is 3.75. The number of ether oxygens (including phenoxy) is 1. The molecule has 11 heavy (non-hydrogen) atoms. The molecular formula is C6H7FN2OS. The van der Waals surface area contributed by atoms with Crippen molar-refractivity contribution in [1.82, 2.24) is 9.55 Å². The molecule has 0 unspecified atom stereocenters. The fourth-order valence-electron chi connectivity index (χ4n) is 0.568. The Morgan fingerprint density at radius 1 is 1.73 bits per heavy atom. The molecule has 0 bridgehead atoms. The van der Waals surface area contributed by atoms with E-state index in [4.69, 9.17) is 17.0 Å². The minimum absolute atomic E-state index is 0.00296. The van der Waals surface area contributed by atoms with E-state index in [-0.39, 0.29) is 11.8 Å². The van der Waals surface area contributed by atoms with Crippen molar-refractivity contribution in [3.63, 3.8) is 0 Å². The molecule has 0 spiro atoms. The summed E-state index contributed by atoms with van der Waals surface area (Å²) in [7, 11) is 0. The Balaban J connectivity index is 2.43. The van der Waals surface area contributed by atoms with Crippen molar-refractivity contribution in [2.24, 2.45) is 0 Å². The van der Waals surface area contributed by atoms with Gasteiger partial charge in [0.15, 0.2) is 0 Å². The van der Waals surface area contributed by atoms with Crippen LogP contribution in [-0.2, 0) is 4.74 Å². The second kappa shape index (κ2) is 4.02. The third kappa shape index (κ3) is 2.27. The third-order valence-electron chi connectivity index (χ3n) is 1.02. The standard InChI is InChI=1S/C6H7FN2OS/c7-1-4-10-6(11)9-3-2-8-5-9/h2-3,5H,1,4H2. The van der Waals surface area contributed by atoms with E-state index in [9.17, 15) is 4.39 Å². The molecule has 0 saturated carbocycles. The van der Waals surface area contributed by atoms with E-state index in [0.717, 1.165) is 0 Å². The summed E-state index contributed by atoms with van der Waals surface area (Å²) in [6.07, 6.45) is 4.71. The SMILES string of the molecule is FCCOC(=S)n1ccnc1. The van der Waals surface area contributed by atoms with E-state index in [2.05, 4.69) is 4.98 Å². The van der Waals surface area contributed by atoms with Gasteiger partial charge in [-0.05, 0) is 12.2 Å². The summed E-state index contributed by atoms with van der Waals surface area (Å²) in [6.45, 7) is -0.536. The molecule has 0 aliphatic carbocycles. The van der Waals surface area contributed by atoms with Gasteiger partial charge < -0.3 is 4.74 Å². The van der Waals surface area contributed by atoms with E-state index in [0.29, 0.717) is 0 Å². The largest absolute Gasteiger partial charge is 0.468 e. The first kappa shape index (κ1) is 8.13. The molecule has 3 nitrogen and oxygen atoms in total. The Labute approximate surface area is 68.8 Å². The molecule has 0 atom stereocenters. The average molecular weight is 174 g/mol. The van der Waals surface area contributed by atoms with Gasteiger partial charge in [-0.2, -0.15) is 0 Å². The van der Waals surface area contributed by atoms with Crippen LogP contribution in [0, 0.1) is 0 Å². The molecule has 1 rings (SSSR count). The quantitative estimate of drug-likeness (QED) is 0.626. The number of rotatable bonds is 2. The van der Waals surface area contributed by atoms with Crippen molar-refractivity contribution in [2.45, 2.75) is 0 Å². The minimum Gasteiger partial charge on any atom is -0.468 e. The van der Waals surface area contributed by atoms with Gasteiger partial charge in [-0.1, -0.05) is 0 Å². The van der Waals surface area contributed by atoms with E-state index < -0.39 is 6.67 Å². The van der Waals surface area contributed by atoms with Gasteiger partial charge in [0.2, 0.25) is 0 Å². The highest BCUT2D eigenvalue weighted by Crippen LogP contribution is 1.90. The lowest BCUT2D eigenvalue weighted by molar-refractivity contribution is 0.259. The Morgan fingerprint density at radius 3 is 3.09 bits per heavy atom. The number of alkyl halides is 1. The molecule has 1 aromatic heterocycles. The summed E-state index contributed by atoms with van der Waals surface area (Å²) < 4.78 is 17.9. The van der Waals surface area contributed by atoms with Crippen molar-refractivity contribution in [3.05, 3.63) is 18.7 Å². The summed E-state index contributed by atoms with van der Waals surface area (Å²) in [5, 5.41) is 0.222. The second-order valence-corrected chi connectivity index (χ2v) is 2.12. The Hall–Kier alpha value is -0.970. The van der Waals surface area contributed by atoms with Crippen LogP contribution in [0.25, 0.3) is 0 Å². The third-order valence-corrected chi connectivity index (χ3v) is 1.35. The first-order chi connectivity index (χ1) is 5.34. The van der Waals surface area contributed by atoms with Crippen LogP contribution in [0.2, 0.25) is 0 Å². The van der Waals surface area contributed by atoms with E-state index in [1.165, 1.54) is 10.9 Å². The first-order valence-corrected chi connectivity index (χ1v) is 3.46. The van der Waals surface area contributed by atoms with Gasteiger partial charge in [0.25, 0.3) is 5.17 Å². The van der Waals surface area contributed by atoms with E-state index in [1.54, 1.807) is 12.4 Å². The van der Waals surface area contributed by atoms with E-state index >= 15 is 0 Å². The van der Waals surface area contributed by atoms with Crippen LogP contribution >= 0.6 is 12.2 Å². The zero-order valence-corrected chi connectivity index (χ0v) is 6.55. The predicted molar refractivity (Wildman–Crippen MR) is 42.2 cm³/mol. The first-order valence-electron chi connectivity index (χ1n) is 3.05. The lowest BCUT2D eigenvalue weighted by Crippen LogP contribution is -2.12. The zero-order chi connectivity index (χ0) is 8.10. The molecule has 1 heterocycles.